The number of hydrogen-bond acceptors (Lipinski definition) is 5. The van der Waals surface area contributed by atoms with Crippen LogP contribution in [0.4, 0.5) is 0 Å². The van der Waals surface area contributed by atoms with Crippen LogP contribution < -0.4 is 9.47 Å². The van der Waals surface area contributed by atoms with E-state index in [0.717, 1.165) is 54.1 Å². The van der Waals surface area contributed by atoms with E-state index in [0.29, 0.717) is 19.6 Å². The maximum absolute atomic E-state index is 10.7. The van der Waals surface area contributed by atoms with Gasteiger partial charge < -0.3 is 24.6 Å². The molecule has 2 heterocycles. The molecule has 0 bridgehead atoms. The second kappa shape index (κ2) is 8.34. The first-order valence-electron chi connectivity index (χ1n) is 10.6. The fourth-order valence-electron chi connectivity index (χ4n) is 4.51. The predicted molar refractivity (Wildman–Crippen MR) is 112 cm³/mol. The molecule has 4 rings (SSSR count). The fourth-order valence-corrected chi connectivity index (χ4v) is 4.51. The lowest BCUT2D eigenvalue weighted by Crippen LogP contribution is -2.51. The van der Waals surface area contributed by atoms with Crippen molar-refractivity contribution in [3.05, 3.63) is 59.2 Å². The van der Waals surface area contributed by atoms with E-state index in [1.54, 1.807) is 0 Å². The smallest absolute Gasteiger partial charge is 0.125 e. The van der Waals surface area contributed by atoms with Crippen LogP contribution in [0.3, 0.4) is 0 Å². The first-order chi connectivity index (χ1) is 14.0. The normalized spacial score (nSPS) is 22.0. The monoisotopic (exact) mass is 397 g/mol. The third-order valence-electron chi connectivity index (χ3n) is 6.19. The van der Waals surface area contributed by atoms with Crippen LogP contribution in [-0.4, -0.2) is 47.0 Å². The van der Waals surface area contributed by atoms with Gasteiger partial charge in [0.25, 0.3) is 0 Å². The van der Waals surface area contributed by atoms with Crippen LogP contribution in [0.15, 0.2) is 42.5 Å². The number of fused-ring (bicyclic) bond motifs is 1. The Kier molecular flexibility index (Phi) is 5.81. The van der Waals surface area contributed by atoms with E-state index in [9.17, 15) is 10.2 Å². The number of likely N-dealkylation sites (tertiary alicyclic amines) is 1. The number of piperidine rings is 1. The molecule has 1 saturated heterocycles. The van der Waals surface area contributed by atoms with Gasteiger partial charge in [-0.15, -0.1) is 0 Å². The van der Waals surface area contributed by atoms with Crippen molar-refractivity contribution < 1.29 is 19.7 Å². The summed E-state index contributed by atoms with van der Waals surface area (Å²) >= 11 is 0. The van der Waals surface area contributed by atoms with Gasteiger partial charge in [0.05, 0.1) is 18.8 Å². The summed E-state index contributed by atoms with van der Waals surface area (Å²) in [5.74, 6) is 1.64. The molecule has 5 heteroatoms. The van der Waals surface area contributed by atoms with E-state index in [-0.39, 0.29) is 5.60 Å². The minimum atomic E-state index is -0.527. The van der Waals surface area contributed by atoms with Crippen molar-refractivity contribution >= 4 is 0 Å². The van der Waals surface area contributed by atoms with Crippen molar-refractivity contribution in [1.29, 1.82) is 0 Å². The van der Waals surface area contributed by atoms with Crippen molar-refractivity contribution in [3.63, 3.8) is 0 Å². The molecule has 0 unspecified atom stereocenters. The summed E-state index contributed by atoms with van der Waals surface area (Å²) in [5.41, 5.74) is 2.65. The maximum atomic E-state index is 10.7. The van der Waals surface area contributed by atoms with Crippen molar-refractivity contribution in [2.75, 3.05) is 26.2 Å². The molecular weight excluding hydrogens is 366 g/mol. The molecule has 1 fully saturated rings. The van der Waals surface area contributed by atoms with E-state index in [4.69, 9.17) is 9.47 Å². The average Bonchev–Trinajstić information content (AvgIpc) is 2.71. The standard InChI is InChI=1S/C24H31NO4/c1-3-28-19-7-5-18(6-8-19)22(27)16-25-12-10-24(11-13-25)15-21(26)20-14-17(2)4-9-23(20)29-24/h4-9,14,21-22,26-27H,3,10-13,15-16H2,1-2H3/t21-,22-/m0/s1. The van der Waals surface area contributed by atoms with Gasteiger partial charge in [-0.05, 0) is 56.5 Å². The molecule has 0 aromatic heterocycles. The van der Waals surface area contributed by atoms with Gasteiger partial charge in [-0.25, -0.2) is 0 Å². The Balaban J connectivity index is 1.35. The van der Waals surface area contributed by atoms with Crippen molar-refractivity contribution in [2.24, 2.45) is 0 Å². The highest BCUT2D eigenvalue weighted by atomic mass is 16.5. The minimum Gasteiger partial charge on any atom is -0.494 e. The number of aryl methyl sites for hydroxylation is 1. The highest BCUT2D eigenvalue weighted by Crippen LogP contribution is 2.44. The number of ether oxygens (including phenoxy) is 2. The molecule has 0 radical (unpaired) electrons. The Hall–Kier alpha value is -2.08. The molecule has 29 heavy (non-hydrogen) atoms. The molecule has 2 N–H and O–H groups in total. The van der Waals surface area contributed by atoms with Gasteiger partial charge in [-0.3, -0.25) is 0 Å². The van der Waals surface area contributed by atoms with Crippen LogP contribution in [0.25, 0.3) is 0 Å². The lowest BCUT2D eigenvalue weighted by molar-refractivity contribution is -0.0588. The highest BCUT2D eigenvalue weighted by molar-refractivity contribution is 5.41. The first kappa shape index (κ1) is 20.2. The highest BCUT2D eigenvalue weighted by Gasteiger charge is 2.43. The molecule has 0 saturated carbocycles. The molecular formula is C24H31NO4. The molecule has 1 spiro atoms. The van der Waals surface area contributed by atoms with Crippen LogP contribution in [-0.2, 0) is 0 Å². The second-order valence-corrected chi connectivity index (χ2v) is 8.36. The van der Waals surface area contributed by atoms with Gasteiger partial charge in [0, 0.05) is 31.6 Å². The average molecular weight is 398 g/mol. The Morgan fingerprint density at radius 2 is 1.90 bits per heavy atom. The Morgan fingerprint density at radius 3 is 2.59 bits per heavy atom. The number of hydrogen-bond donors (Lipinski definition) is 2. The van der Waals surface area contributed by atoms with Crippen LogP contribution in [0.1, 0.15) is 55.1 Å². The van der Waals surface area contributed by atoms with Crippen molar-refractivity contribution in [1.82, 2.24) is 4.90 Å². The van der Waals surface area contributed by atoms with Crippen molar-refractivity contribution in [3.8, 4) is 11.5 Å². The number of nitrogens with zero attached hydrogens (tertiary/aromatic N) is 1. The van der Waals surface area contributed by atoms with Crippen LogP contribution in [0.5, 0.6) is 11.5 Å². The van der Waals surface area contributed by atoms with E-state index in [1.165, 1.54) is 0 Å². The fraction of sp³-hybridized carbons (Fsp3) is 0.500. The van der Waals surface area contributed by atoms with Gasteiger partial charge in [0.15, 0.2) is 0 Å². The number of aliphatic hydroxyl groups is 2. The summed E-state index contributed by atoms with van der Waals surface area (Å²) < 4.78 is 11.9. The summed E-state index contributed by atoms with van der Waals surface area (Å²) in [6.07, 6.45) is 1.35. The van der Waals surface area contributed by atoms with Gasteiger partial charge in [0.2, 0.25) is 0 Å². The summed E-state index contributed by atoms with van der Waals surface area (Å²) in [6, 6.07) is 13.7. The van der Waals surface area contributed by atoms with Gasteiger partial charge in [-0.1, -0.05) is 23.8 Å². The maximum Gasteiger partial charge on any atom is 0.125 e. The van der Waals surface area contributed by atoms with Gasteiger partial charge in [0.1, 0.15) is 17.1 Å². The second-order valence-electron chi connectivity index (χ2n) is 8.36. The minimum absolute atomic E-state index is 0.303. The predicted octanol–water partition coefficient (Wildman–Crippen LogP) is 3.78. The molecule has 0 aliphatic carbocycles. The van der Waals surface area contributed by atoms with E-state index >= 15 is 0 Å². The molecule has 5 nitrogen and oxygen atoms in total. The van der Waals surface area contributed by atoms with Crippen LogP contribution in [0.2, 0.25) is 0 Å². The molecule has 2 aliphatic heterocycles. The zero-order valence-corrected chi connectivity index (χ0v) is 17.3. The molecule has 2 aliphatic rings. The Bertz CT molecular complexity index is 827. The summed E-state index contributed by atoms with van der Waals surface area (Å²) in [6.45, 7) is 6.93. The van der Waals surface area contributed by atoms with E-state index in [1.807, 2.05) is 56.3 Å². The molecule has 0 amide bonds. The lowest BCUT2D eigenvalue weighted by atomic mass is 9.81. The Labute approximate surface area is 172 Å². The number of benzene rings is 2. The SMILES string of the molecule is CCOc1ccc([C@@H](O)CN2CCC3(CC2)C[C@H](O)c2cc(C)ccc2O3)cc1. The zero-order chi connectivity index (χ0) is 20.4. The summed E-state index contributed by atoms with van der Waals surface area (Å²) in [7, 11) is 0. The molecule has 156 valence electrons. The van der Waals surface area contributed by atoms with Gasteiger partial charge in [-0.2, -0.15) is 0 Å². The van der Waals surface area contributed by atoms with Crippen LogP contribution in [0, 0.1) is 6.92 Å². The van der Waals surface area contributed by atoms with Gasteiger partial charge >= 0.3 is 0 Å². The first-order valence-corrected chi connectivity index (χ1v) is 10.6. The topological polar surface area (TPSA) is 62.2 Å². The molecule has 2 atom stereocenters. The Morgan fingerprint density at radius 1 is 1.17 bits per heavy atom. The lowest BCUT2D eigenvalue weighted by Gasteiger charge is -2.46. The largest absolute Gasteiger partial charge is 0.494 e. The third-order valence-corrected chi connectivity index (χ3v) is 6.19. The number of β-amino-alcohol motifs (C(OH)–C–C–N with tert-alkyl or cyclic N) is 1. The number of rotatable bonds is 5. The van der Waals surface area contributed by atoms with Crippen LogP contribution >= 0.6 is 0 Å². The van der Waals surface area contributed by atoms with Crippen molar-refractivity contribution in [2.45, 2.75) is 50.9 Å². The molecule has 2 aromatic carbocycles. The third kappa shape index (κ3) is 4.42. The molecule has 2 aromatic rings. The van der Waals surface area contributed by atoms with E-state index < -0.39 is 12.2 Å². The van der Waals surface area contributed by atoms with E-state index in [2.05, 4.69) is 4.90 Å². The number of aliphatic hydroxyl groups excluding tert-OH is 2. The summed E-state index contributed by atoms with van der Waals surface area (Å²) in [4.78, 5) is 2.28. The quantitative estimate of drug-likeness (QED) is 0.804. The zero-order valence-electron chi connectivity index (χ0n) is 17.3. The summed E-state index contributed by atoms with van der Waals surface area (Å²) in [5, 5.41) is 21.3.